The van der Waals surface area contributed by atoms with Crippen LogP contribution in [-0.2, 0) is 12.6 Å². The summed E-state index contributed by atoms with van der Waals surface area (Å²) in [7, 11) is 0. The molecule has 2 aliphatic rings. The normalized spacial score (nSPS) is 24.6. The van der Waals surface area contributed by atoms with Crippen molar-refractivity contribution in [3.8, 4) is 0 Å². The highest BCUT2D eigenvalue weighted by Gasteiger charge is 2.42. The molecule has 25 heavy (non-hydrogen) atoms. The van der Waals surface area contributed by atoms with E-state index in [0.717, 1.165) is 24.0 Å². The largest absolute Gasteiger partial charge is 0.418 e. The van der Waals surface area contributed by atoms with Crippen LogP contribution >= 0.6 is 0 Å². The molecule has 1 heterocycles. The molecule has 4 rings (SSSR count). The van der Waals surface area contributed by atoms with Crippen molar-refractivity contribution in [2.45, 2.75) is 37.9 Å². The monoisotopic (exact) mass is 343 g/mol. The lowest BCUT2D eigenvalue weighted by atomic mass is 9.76. The molecule has 2 aromatic rings. The van der Waals surface area contributed by atoms with E-state index in [0.29, 0.717) is 0 Å². The van der Waals surface area contributed by atoms with Gasteiger partial charge in [0, 0.05) is 5.92 Å². The van der Waals surface area contributed by atoms with Gasteiger partial charge in [-0.1, -0.05) is 55.5 Å². The molecule has 1 N–H and O–H groups in total. The van der Waals surface area contributed by atoms with Gasteiger partial charge in [0.25, 0.3) is 0 Å². The predicted octanol–water partition coefficient (Wildman–Crippen LogP) is 6.09. The van der Waals surface area contributed by atoms with Crippen LogP contribution in [0.5, 0.6) is 0 Å². The molecular formula is C21H20F3N. The van der Waals surface area contributed by atoms with E-state index in [9.17, 15) is 13.2 Å². The van der Waals surface area contributed by atoms with Crippen LogP contribution in [0.4, 0.5) is 18.9 Å². The Balaban J connectivity index is 1.80. The summed E-state index contributed by atoms with van der Waals surface area (Å²) in [5, 5.41) is 3.24. The number of fused-ring (bicyclic) bond motifs is 3. The number of benzene rings is 2. The van der Waals surface area contributed by atoms with Crippen molar-refractivity contribution >= 4 is 5.69 Å². The predicted molar refractivity (Wildman–Crippen MR) is 93.6 cm³/mol. The molecule has 0 spiro atoms. The van der Waals surface area contributed by atoms with Gasteiger partial charge in [-0.3, -0.25) is 0 Å². The molecule has 0 radical (unpaired) electrons. The maximum absolute atomic E-state index is 13.5. The van der Waals surface area contributed by atoms with Crippen LogP contribution in [0.2, 0.25) is 0 Å². The molecule has 2 aromatic carbocycles. The molecule has 0 saturated heterocycles. The van der Waals surface area contributed by atoms with E-state index < -0.39 is 11.7 Å². The lowest BCUT2D eigenvalue weighted by Crippen LogP contribution is -2.30. The molecule has 1 aliphatic carbocycles. The van der Waals surface area contributed by atoms with Gasteiger partial charge >= 0.3 is 6.18 Å². The molecular weight excluding hydrogens is 323 g/mol. The summed E-state index contributed by atoms with van der Waals surface area (Å²) in [6.45, 7) is 2.09. The van der Waals surface area contributed by atoms with Gasteiger partial charge in [-0.2, -0.15) is 13.2 Å². The fourth-order valence-electron chi connectivity index (χ4n) is 4.15. The number of nitrogens with one attached hydrogen (secondary N) is 1. The number of para-hydroxylation sites is 1. The van der Waals surface area contributed by atoms with Gasteiger partial charge in [-0.15, -0.1) is 0 Å². The van der Waals surface area contributed by atoms with Crippen LogP contribution in [0.1, 0.15) is 47.6 Å². The third-order valence-electron chi connectivity index (χ3n) is 5.45. The average Bonchev–Trinajstić information content (AvgIpc) is 3.10. The van der Waals surface area contributed by atoms with Crippen molar-refractivity contribution in [2.75, 3.05) is 5.32 Å². The van der Waals surface area contributed by atoms with E-state index in [-0.39, 0.29) is 23.6 Å². The quantitative estimate of drug-likeness (QED) is 0.650. The Morgan fingerprint density at radius 3 is 2.52 bits per heavy atom. The Labute approximate surface area is 145 Å². The molecule has 0 bridgehead atoms. The van der Waals surface area contributed by atoms with Crippen molar-refractivity contribution in [2.24, 2.45) is 5.92 Å². The van der Waals surface area contributed by atoms with Gasteiger partial charge in [0.1, 0.15) is 0 Å². The Hall–Kier alpha value is -2.23. The minimum absolute atomic E-state index is 0.0365. The van der Waals surface area contributed by atoms with Gasteiger partial charge in [-0.05, 0) is 41.5 Å². The van der Waals surface area contributed by atoms with E-state index in [1.54, 1.807) is 0 Å². The zero-order chi connectivity index (χ0) is 17.6. The van der Waals surface area contributed by atoms with Crippen molar-refractivity contribution in [3.05, 3.63) is 76.9 Å². The van der Waals surface area contributed by atoms with Crippen molar-refractivity contribution in [1.82, 2.24) is 0 Å². The topological polar surface area (TPSA) is 12.0 Å². The van der Waals surface area contributed by atoms with Gasteiger partial charge in [-0.25, -0.2) is 0 Å². The molecule has 1 aliphatic heterocycles. The standard InChI is InChI=1S/C21H20F3N/c1-2-13-9-11-14(12-10-13)19-16-6-3-5-15(16)17-7-4-8-18(20(17)25-19)21(22,23)24/h3-5,7-12,15-16,19,25H,2,6H2,1H3/t15-,16+,19-/m0/s1. The second-order valence-corrected chi connectivity index (χ2v) is 6.84. The van der Waals surface area contributed by atoms with Gasteiger partial charge in [0.15, 0.2) is 0 Å². The first-order valence-electron chi connectivity index (χ1n) is 8.71. The number of anilines is 1. The smallest absolute Gasteiger partial charge is 0.377 e. The maximum Gasteiger partial charge on any atom is 0.418 e. The van der Waals surface area contributed by atoms with Crippen LogP contribution in [0.15, 0.2) is 54.6 Å². The number of rotatable bonds is 2. The number of hydrogen-bond donors (Lipinski definition) is 1. The SMILES string of the molecule is CCc1ccc([C@@H]2Nc3c(cccc3C(F)(F)F)[C@H]3C=CC[C@H]32)cc1. The summed E-state index contributed by atoms with van der Waals surface area (Å²) < 4.78 is 40.5. The molecule has 0 unspecified atom stereocenters. The Bertz CT molecular complexity index is 805. The number of hydrogen-bond acceptors (Lipinski definition) is 1. The first-order chi connectivity index (χ1) is 12.0. The first-order valence-corrected chi connectivity index (χ1v) is 8.71. The van der Waals surface area contributed by atoms with E-state index in [2.05, 4.69) is 36.5 Å². The summed E-state index contributed by atoms with van der Waals surface area (Å²) in [5.74, 6) is 0.290. The van der Waals surface area contributed by atoms with E-state index in [1.807, 2.05) is 18.2 Å². The van der Waals surface area contributed by atoms with Crippen molar-refractivity contribution < 1.29 is 13.2 Å². The molecule has 0 saturated carbocycles. The lowest BCUT2D eigenvalue weighted by Gasteiger charge is -2.38. The second kappa shape index (κ2) is 5.94. The van der Waals surface area contributed by atoms with E-state index in [1.165, 1.54) is 17.7 Å². The Morgan fingerprint density at radius 1 is 1.08 bits per heavy atom. The fourth-order valence-corrected chi connectivity index (χ4v) is 4.15. The van der Waals surface area contributed by atoms with Crippen molar-refractivity contribution in [3.63, 3.8) is 0 Å². The first kappa shape index (κ1) is 16.2. The summed E-state index contributed by atoms with van der Waals surface area (Å²) in [5.41, 5.74) is 2.72. The average molecular weight is 343 g/mol. The third-order valence-corrected chi connectivity index (χ3v) is 5.45. The summed E-state index contributed by atoms with van der Waals surface area (Å²) >= 11 is 0. The van der Waals surface area contributed by atoms with Crippen LogP contribution in [0.3, 0.4) is 0 Å². The molecule has 0 aromatic heterocycles. The lowest BCUT2D eigenvalue weighted by molar-refractivity contribution is -0.137. The highest BCUT2D eigenvalue weighted by atomic mass is 19.4. The zero-order valence-corrected chi connectivity index (χ0v) is 14.0. The number of aryl methyl sites for hydroxylation is 1. The maximum atomic E-state index is 13.5. The molecule has 0 fully saturated rings. The number of allylic oxidation sites excluding steroid dienone is 2. The van der Waals surface area contributed by atoms with Gasteiger partial charge in [0.05, 0.1) is 17.3 Å². The summed E-state index contributed by atoms with van der Waals surface area (Å²) in [6.07, 6.45) is 1.64. The highest BCUT2D eigenvalue weighted by molar-refractivity contribution is 5.65. The molecule has 3 atom stereocenters. The minimum atomic E-state index is -4.36. The highest BCUT2D eigenvalue weighted by Crippen LogP contribution is 2.52. The van der Waals surface area contributed by atoms with Crippen molar-refractivity contribution in [1.29, 1.82) is 0 Å². The molecule has 0 amide bonds. The number of alkyl halides is 3. The fraction of sp³-hybridized carbons (Fsp3) is 0.333. The molecule has 1 nitrogen and oxygen atoms in total. The van der Waals surface area contributed by atoms with Gasteiger partial charge < -0.3 is 5.32 Å². The number of halogens is 3. The van der Waals surface area contributed by atoms with Crippen LogP contribution in [-0.4, -0.2) is 0 Å². The minimum Gasteiger partial charge on any atom is -0.377 e. The molecule has 130 valence electrons. The van der Waals surface area contributed by atoms with Crippen LogP contribution in [0.25, 0.3) is 0 Å². The second-order valence-electron chi connectivity index (χ2n) is 6.84. The third kappa shape index (κ3) is 2.74. The van der Waals surface area contributed by atoms with E-state index >= 15 is 0 Å². The summed E-state index contributed by atoms with van der Waals surface area (Å²) in [6, 6.07) is 12.6. The Morgan fingerprint density at radius 2 is 1.84 bits per heavy atom. The van der Waals surface area contributed by atoms with E-state index in [4.69, 9.17) is 0 Å². The van der Waals surface area contributed by atoms with Crippen LogP contribution in [0, 0.1) is 5.92 Å². The summed E-state index contributed by atoms with van der Waals surface area (Å²) in [4.78, 5) is 0. The van der Waals surface area contributed by atoms with Gasteiger partial charge in [0.2, 0.25) is 0 Å². The zero-order valence-electron chi connectivity index (χ0n) is 14.0. The van der Waals surface area contributed by atoms with Crippen LogP contribution < -0.4 is 5.32 Å². The molecule has 4 heteroatoms. The Kier molecular flexibility index (Phi) is 3.86.